The minimum absolute atomic E-state index is 0.171. The summed E-state index contributed by atoms with van der Waals surface area (Å²) >= 11 is 7.38. The van der Waals surface area contributed by atoms with E-state index in [1.807, 2.05) is 30.3 Å². The Kier molecular flexibility index (Phi) is 5.99. The molecule has 26 heavy (non-hydrogen) atoms. The monoisotopic (exact) mass is 386 g/mol. The maximum atomic E-state index is 12.3. The second-order valence-corrected chi connectivity index (χ2v) is 6.78. The molecular formula is C19H15ClN2O3S. The Balaban J connectivity index is 1.57. The van der Waals surface area contributed by atoms with Crippen molar-refractivity contribution in [3.8, 4) is 0 Å². The topological polar surface area (TPSA) is 71.3 Å². The molecule has 0 fully saturated rings. The van der Waals surface area contributed by atoms with Gasteiger partial charge in [0.1, 0.15) is 0 Å². The molecule has 0 atom stereocenters. The molecule has 2 aromatic carbocycles. The molecule has 0 spiro atoms. The lowest BCUT2D eigenvalue weighted by molar-refractivity contribution is 0.0830. The Morgan fingerprint density at radius 2 is 1.62 bits per heavy atom. The van der Waals surface area contributed by atoms with Crippen molar-refractivity contribution < 1.29 is 14.0 Å². The van der Waals surface area contributed by atoms with Crippen LogP contribution < -0.4 is 10.9 Å². The summed E-state index contributed by atoms with van der Waals surface area (Å²) in [5.41, 5.74) is 5.85. The fourth-order valence-corrected chi connectivity index (χ4v) is 3.20. The van der Waals surface area contributed by atoms with E-state index < -0.39 is 11.8 Å². The van der Waals surface area contributed by atoms with Crippen molar-refractivity contribution >= 4 is 35.2 Å². The van der Waals surface area contributed by atoms with Gasteiger partial charge in [-0.15, -0.1) is 11.8 Å². The van der Waals surface area contributed by atoms with Crippen molar-refractivity contribution in [2.75, 3.05) is 0 Å². The summed E-state index contributed by atoms with van der Waals surface area (Å²) in [6, 6.07) is 17.9. The van der Waals surface area contributed by atoms with E-state index in [1.165, 1.54) is 6.26 Å². The zero-order valence-electron chi connectivity index (χ0n) is 13.6. The van der Waals surface area contributed by atoms with Crippen LogP contribution in [0.25, 0.3) is 0 Å². The van der Waals surface area contributed by atoms with Gasteiger partial charge in [0.2, 0.25) is 0 Å². The molecule has 0 radical (unpaired) electrons. The van der Waals surface area contributed by atoms with Crippen molar-refractivity contribution in [3.63, 3.8) is 0 Å². The number of carbonyl (C=O) groups is 2. The van der Waals surface area contributed by atoms with E-state index in [0.29, 0.717) is 16.3 Å². The molecule has 0 aliphatic heterocycles. The first-order chi connectivity index (χ1) is 12.6. The van der Waals surface area contributed by atoms with Gasteiger partial charge in [0, 0.05) is 26.8 Å². The van der Waals surface area contributed by atoms with Crippen LogP contribution in [0.4, 0.5) is 0 Å². The molecule has 0 unspecified atom stereocenters. The number of thioether (sulfide) groups is 1. The molecule has 2 amide bonds. The van der Waals surface area contributed by atoms with Gasteiger partial charge in [-0.1, -0.05) is 29.8 Å². The highest BCUT2D eigenvalue weighted by atomic mass is 35.5. The van der Waals surface area contributed by atoms with Crippen LogP contribution in [0.5, 0.6) is 0 Å². The summed E-state index contributed by atoms with van der Waals surface area (Å²) in [4.78, 5) is 25.4. The Morgan fingerprint density at radius 1 is 0.923 bits per heavy atom. The molecular weight excluding hydrogens is 372 g/mol. The average Bonchev–Trinajstić information content (AvgIpc) is 3.14. The van der Waals surface area contributed by atoms with Gasteiger partial charge in [0.25, 0.3) is 5.91 Å². The number of halogens is 1. The number of rotatable bonds is 5. The lowest BCUT2D eigenvalue weighted by Crippen LogP contribution is -2.41. The van der Waals surface area contributed by atoms with Crippen LogP contribution >= 0.6 is 23.4 Å². The number of amides is 2. The number of furan rings is 1. The van der Waals surface area contributed by atoms with Gasteiger partial charge in [0.05, 0.1) is 6.26 Å². The van der Waals surface area contributed by atoms with Crippen LogP contribution in [0.3, 0.4) is 0 Å². The summed E-state index contributed by atoms with van der Waals surface area (Å²) < 4.78 is 5.27. The van der Waals surface area contributed by atoms with E-state index in [9.17, 15) is 9.59 Å². The quantitative estimate of drug-likeness (QED) is 0.506. The first kappa shape index (κ1) is 18.1. The van der Waals surface area contributed by atoms with Gasteiger partial charge < -0.3 is 4.42 Å². The van der Waals surface area contributed by atoms with Gasteiger partial charge in [0.15, 0.2) is 5.76 Å². The number of carbonyl (C=O) groups excluding carboxylic acids is 2. The molecule has 1 heterocycles. The van der Waals surface area contributed by atoms with E-state index in [4.69, 9.17) is 16.0 Å². The maximum absolute atomic E-state index is 12.3. The standard InChI is InChI=1S/C19H15ClN2O3S/c20-15-8-6-13(7-9-15)18(23)21-22-19(24)17-14(10-11-25-17)12-26-16-4-2-1-3-5-16/h1-11H,12H2,(H,21,23)(H,22,24). The van der Waals surface area contributed by atoms with E-state index in [0.717, 1.165) is 10.5 Å². The van der Waals surface area contributed by atoms with E-state index in [2.05, 4.69) is 10.9 Å². The van der Waals surface area contributed by atoms with Crippen molar-refractivity contribution in [1.82, 2.24) is 10.9 Å². The van der Waals surface area contributed by atoms with Gasteiger partial charge in [-0.2, -0.15) is 0 Å². The lowest BCUT2D eigenvalue weighted by Gasteiger charge is -2.07. The third-order valence-corrected chi connectivity index (χ3v) is 4.80. The van der Waals surface area contributed by atoms with Crippen molar-refractivity contribution in [3.05, 3.63) is 88.8 Å². The molecule has 0 saturated heterocycles. The first-order valence-electron chi connectivity index (χ1n) is 7.74. The molecule has 0 aliphatic rings. The second kappa shape index (κ2) is 8.60. The largest absolute Gasteiger partial charge is 0.459 e. The molecule has 0 saturated carbocycles. The van der Waals surface area contributed by atoms with Gasteiger partial charge in [-0.3, -0.25) is 20.4 Å². The normalized spacial score (nSPS) is 10.3. The van der Waals surface area contributed by atoms with Gasteiger partial charge >= 0.3 is 5.91 Å². The highest BCUT2D eigenvalue weighted by molar-refractivity contribution is 7.98. The SMILES string of the molecule is O=C(NNC(=O)c1occc1CSc1ccccc1)c1ccc(Cl)cc1. The average molecular weight is 387 g/mol. The molecule has 3 aromatic rings. The zero-order valence-corrected chi connectivity index (χ0v) is 15.1. The van der Waals surface area contributed by atoms with Crippen LogP contribution in [0.15, 0.2) is 76.2 Å². The fraction of sp³-hybridized carbons (Fsp3) is 0.0526. The summed E-state index contributed by atoms with van der Waals surface area (Å²) in [6.07, 6.45) is 1.46. The fourth-order valence-electron chi connectivity index (χ4n) is 2.17. The number of hydrazine groups is 1. The van der Waals surface area contributed by atoms with Crippen LogP contribution in [-0.2, 0) is 5.75 Å². The Bertz CT molecular complexity index is 895. The molecule has 5 nitrogen and oxygen atoms in total. The Morgan fingerprint density at radius 3 is 2.35 bits per heavy atom. The van der Waals surface area contributed by atoms with Crippen molar-refractivity contribution in [2.45, 2.75) is 10.6 Å². The number of benzene rings is 2. The lowest BCUT2D eigenvalue weighted by atomic mass is 10.2. The predicted octanol–water partition coefficient (Wildman–Crippen LogP) is 4.30. The first-order valence-corrected chi connectivity index (χ1v) is 9.10. The van der Waals surface area contributed by atoms with E-state index in [1.54, 1.807) is 42.1 Å². The molecule has 0 aliphatic carbocycles. The van der Waals surface area contributed by atoms with Crippen LogP contribution in [0.2, 0.25) is 5.02 Å². The highest BCUT2D eigenvalue weighted by Crippen LogP contribution is 2.24. The van der Waals surface area contributed by atoms with Crippen LogP contribution in [-0.4, -0.2) is 11.8 Å². The summed E-state index contributed by atoms with van der Waals surface area (Å²) in [6.45, 7) is 0. The summed E-state index contributed by atoms with van der Waals surface area (Å²) in [5, 5.41) is 0.529. The number of hydrogen-bond donors (Lipinski definition) is 2. The third kappa shape index (κ3) is 4.68. The smallest absolute Gasteiger partial charge is 0.305 e. The number of hydrogen-bond acceptors (Lipinski definition) is 4. The van der Waals surface area contributed by atoms with Crippen LogP contribution in [0.1, 0.15) is 26.5 Å². The maximum Gasteiger partial charge on any atom is 0.305 e. The highest BCUT2D eigenvalue weighted by Gasteiger charge is 2.16. The molecule has 3 rings (SSSR count). The molecule has 7 heteroatoms. The van der Waals surface area contributed by atoms with E-state index in [-0.39, 0.29) is 5.76 Å². The van der Waals surface area contributed by atoms with Crippen LogP contribution in [0, 0.1) is 0 Å². The number of nitrogens with one attached hydrogen (secondary N) is 2. The van der Waals surface area contributed by atoms with Crippen molar-refractivity contribution in [2.24, 2.45) is 0 Å². The second-order valence-electron chi connectivity index (χ2n) is 5.29. The summed E-state index contributed by atoms with van der Waals surface area (Å²) in [7, 11) is 0. The van der Waals surface area contributed by atoms with Crippen molar-refractivity contribution in [1.29, 1.82) is 0 Å². The molecule has 132 valence electrons. The molecule has 2 N–H and O–H groups in total. The van der Waals surface area contributed by atoms with E-state index >= 15 is 0 Å². The van der Waals surface area contributed by atoms with Gasteiger partial charge in [-0.25, -0.2) is 0 Å². The third-order valence-electron chi connectivity index (χ3n) is 3.49. The van der Waals surface area contributed by atoms with Gasteiger partial charge in [-0.05, 0) is 42.5 Å². The Labute approximate surface area is 159 Å². The Hall–Kier alpha value is -2.70. The zero-order chi connectivity index (χ0) is 18.4. The minimum atomic E-state index is -0.513. The molecule has 0 bridgehead atoms. The summed E-state index contributed by atoms with van der Waals surface area (Å²) in [5.74, 6) is -0.207. The predicted molar refractivity (Wildman–Crippen MR) is 101 cm³/mol. The minimum Gasteiger partial charge on any atom is -0.459 e. The molecule has 1 aromatic heterocycles.